The highest BCUT2D eigenvalue weighted by atomic mass is 19.4. The predicted octanol–water partition coefficient (Wildman–Crippen LogP) is 5.16. The van der Waals surface area contributed by atoms with E-state index in [0.29, 0.717) is 18.8 Å². The molecule has 146 valence electrons. The summed E-state index contributed by atoms with van der Waals surface area (Å²) in [6.45, 7) is 0.338. The van der Waals surface area contributed by atoms with Gasteiger partial charge < -0.3 is 15.0 Å². The molecule has 0 saturated heterocycles. The smallest absolute Gasteiger partial charge is 0.416 e. The third-order valence-electron chi connectivity index (χ3n) is 4.80. The molecule has 1 amide bonds. The van der Waals surface area contributed by atoms with Crippen LogP contribution in [0.5, 0.6) is 5.75 Å². The van der Waals surface area contributed by atoms with E-state index < -0.39 is 11.7 Å². The van der Waals surface area contributed by atoms with Gasteiger partial charge in [0.2, 0.25) is 5.91 Å². The second-order valence-electron chi connectivity index (χ2n) is 6.97. The fraction of sp³-hybridized carbons (Fsp3) is 0.286. The van der Waals surface area contributed by atoms with Gasteiger partial charge in [-0.15, -0.1) is 0 Å². The van der Waals surface area contributed by atoms with Gasteiger partial charge in [0.25, 0.3) is 0 Å². The van der Waals surface area contributed by atoms with E-state index in [9.17, 15) is 18.0 Å². The molecule has 1 fully saturated rings. The van der Waals surface area contributed by atoms with Gasteiger partial charge in [-0.1, -0.05) is 12.1 Å². The molecule has 0 unspecified atom stereocenters. The lowest BCUT2D eigenvalue weighted by atomic mass is 10.1. The number of halogens is 3. The molecule has 7 heteroatoms. The Morgan fingerprint density at radius 3 is 2.57 bits per heavy atom. The third-order valence-corrected chi connectivity index (χ3v) is 4.80. The molecule has 0 spiro atoms. The maximum Gasteiger partial charge on any atom is 0.416 e. The lowest BCUT2D eigenvalue weighted by Gasteiger charge is -2.09. The number of alkyl halides is 3. The standard InChI is InChI=1S/C21H19F3N2O2/c22-21(23,24)15-5-1-13(2-6-15)9-10-28-16-7-8-18-17(11-16)19(12-25-18)26-20(27)14-3-4-14/h1-2,5-8,11-12,14,25H,3-4,9-10H2,(H,26,27). The predicted molar refractivity (Wildman–Crippen MR) is 100 cm³/mol. The summed E-state index contributed by atoms with van der Waals surface area (Å²) in [6, 6.07) is 10.6. The van der Waals surface area contributed by atoms with Gasteiger partial charge in [0, 0.05) is 29.4 Å². The highest BCUT2D eigenvalue weighted by Gasteiger charge is 2.30. The molecule has 4 rings (SSSR count). The lowest BCUT2D eigenvalue weighted by molar-refractivity contribution is -0.137. The van der Waals surface area contributed by atoms with Crippen molar-refractivity contribution in [3.8, 4) is 5.75 Å². The van der Waals surface area contributed by atoms with Crippen LogP contribution in [-0.4, -0.2) is 17.5 Å². The highest BCUT2D eigenvalue weighted by Crippen LogP contribution is 2.33. The average Bonchev–Trinajstić information content (AvgIpc) is 3.45. The average molecular weight is 388 g/mol. The van der Waals surface area contributed by atoms with Crippen LogP contribution in [0.2, 0.25) is 0 Å². The monoisotopic (exact) mass is 388 g/mol. The molecule has 1 saturated carbocycles. The quantitative estimate of drug-likeness (QED) is 0.613. The lowest BCUT2D eigenvalue weighted by Crippen LogP contribution is -2.12. The summed E-state index contributed by atoms with van der Waals surface area (Å²) >= 11 is 0. The van der Waals surface area contributed by atoms with E-state index in [1.807, 2.05) is 18.2 Å². The number of nitrogens with one attached hydrogen (secondary N) is 2. The van der Waals surface area contributed by atoms with Crippen LogP contribution in [0, 0.1) is 5.92 Å². The molecule has 1 aliphatic rings. The minimum Gasteiger partial charge on any atom is -0.493 e. The van der Waals surface area contributed by atoms with Crippen molar-refractivity contribution in [1.82, 2.24) is 4.98 Å². The molecule has 0 bridgehead atoms. The number of rotatable bonds is 6. The minimum absolute atomic E-state index is 0.0366. The molecule has 0 atom stereocenters. The van der Waals surface area contributed by atoms with Crippen LogP contribution in [0.25, 0.3) is 10.9 Å². The van der Waals surface area contributed by atoms with Gasteiger partial charge in [-0.2, -0.15) is 13.2 Å². The van der Waals surface area contributed by atoms with Gasteiger partial charge in [0.1, 0.15) is 5.75 Å². The summed E-state index contributed by atoms with van der Waals surface area (Å²) in [6.07, 6.45) is -0.196. The Kier molecular flexibility index (Phi) is 4.75. The highest BCUT2D eigenvalue weighted by molar-refractivity contribution is 6.03. The van der Waals surface area contributed by atoms with Gasteiger partial charge in [-0.3, -0.25) is 4.79 Å². The first-order valence-corrected chi connectivity index (χ1v) is 9.11. The summed E-state index contributed by atoms with van der Waals surface area (Å²) in [5.41, 5.74) is 1.73. The molecule has 2 aromatic carbocycles. The van der Waals surface area contributed by atoms with E-state index in [1.165, 1.54) is 12.1 Å². The van der Waals surface area contributed by atoms with Crippen LogP contribution in [0.1, 0.15) is 24.0 Å². The Morgan fingerprint density at radius 1 is 1.14 bits per heavy atom. The van der Waals surface area contributed by atoms with Crippen LogP contribution in [0.3, 0.4) is 0 Å². The molecule has 1 aromatic heterocycles. The fourth-order valence-electron chi connectivity index (χ4n) is 3.02. The second-order valence-corrected chi connectivity index (χ2v) is 6.97. The van der Waals surface area contributed by atoms with Crippen molar-refractivity contribution in [2.75, 3.05) is 11.9 Å². The number of fused-ring (bicyclic) bond motifs is 1. The van der Waals surface area contributed by atoms with E-state index >= 15 is 0 Å². The molecule has 4 nitrogen and oxygen atoms in total. The Bertz CT molecular complexity index is 989. The van der Waals surface area contributed by atoms with Crippen molar-refractivity contribution < 1.29 is 22.7 Å². The summed E-state index contributed by atoms with van der Waals surface area (Å²) in [5, 5.41) is 3.80. The van der Waals surface area contributed by atoms with Crippen LogP contribution >= 0.6 is 0 Å². The zero-order chi connectivity index (χ0) is 19.7. The number of benzene rings is 2. The summed E-state index contributed by atoms with van der Waals surface area (Å²) in [7, 11) is 0. The number of amides is 1. The van der Waals surface area contributed by atoms with Crippen LogP contribution in [-0.2, 0) is 17.4 Å². The fourth-order valence-corrected chi connectivity index (χ4v) is 3.02. The number of aromatic nitrogens is 1. The summed E-state index contributed by atoms with van der Waals surface area (Å²) in [4.78, 5) is 15.1. The van der Waals surface area contributed by atoms with Crippen LogP contribution in [0.4, 0.5) is 18.9 Å². The maximum absolute atomic E-state index is 12.6. The summed E-state index contributed by atoms with van der Waals surface area (Å²) < 4.78 is 43.6. The van der Waals surface area contributed by atoms with Crippen molar-refractivity contribution >= 4 is 22.5 Å². The van der Waals surface area contributed by atoms with Crippen LogP contribution < -0.4 is 10.1 Å². The van der Waals surface area contributed by atoms with E-state index in [4.69, 9.17) is 4.74 Å². The number of carbonyl (C=O) groups excluding carboxylic acids is 1. The Balaban J connectivity index is 1.38. The maximum atomic E-state index is 12.6. The van der Waals surface area contributed by atoms with E-state index in [-0.39, 0.29) is 11.8 Å². The molecule has 1 aliphatic carbocycles. The Morgan fingerprint density at radius 2 is 1.89 bits per heavy atom. The van der Waals surface area contributed by atoms with E-state index in [0.717, 1.165) is 47.1 Å². The minimum atomic E-state index is -4.33. The zero-order valence-electron chi connectivity index (χ0n) is 15.0. The number of anilines is 1. The molecule has 3 aromatic rings. The molecule has 2 N–H and O–H groups in total. The van der Waals surface area contributed by atoms with Crippen molar-refractivity contribution in [1.29, 1.82) is 0 Å². The first-order valence-electron chi connectivity index (χ1n) is 9.11. The largest absolute Gasteiger partial charge is 0.493 e. The normalized spacial score (nSPS) is 14.2. The number of hydrogen-bond donors (Lipinski definition) is 2. The third kappa shape index (κ3) is 4.13. The van der Waals surface area contributed by atoms with Crippen LogP contribution in [0.15, 0.2) is 48.7 Å². The van der Waals surface area contributed by atoms with Crippen molar-refractivity contribution in [2.24, 2.45) is 5.92 Å². The number of ether oxygens (including phenoxy) is 1. The molecule has 0 radical (unpaired) electrons. The Labute approximate surface area is 159 Å². The Hall–Kier alpha value is -2.96. The second kappa shape index (κ2) is 7.22. The van der Waals surface area contributed by atoms with Gasteiger partial charge in [0.15, 0.2) is 0 Å². The van der Waals surface area contributed by atoms with Crippen molar-refractivity contribution in [3.63, 3.8) is 0 Å². The molecular formula is C21H19F3N2O2. The van der Waals surface area contributed by atoms with Crippen molar-refractivity contribution in [3.05, 3.63) is 59.8 Å². The van der Waals surface area contributed by atoms with Crippen molar-refractivity contribution in [2.45, 2.75) is 25.4 Å². The van der Waals surface area contributed by atoms with Gasteiger partial charge in [0.05, 0.1) is 17.9 Å². The topological polar surface area (TPSA) is 54.1 Å². The number of hydrogen-bond acceptors (Lipinski definition) is 2. The number of aromatic amines is 1. The zero-order valence-corrected chi connectivity index (χ0v) is 15.0. The molecule has 28 heavy (non-hydrogen) atoms. The molecule has 0 aliphatic heterocycles. The van der Waals surface area contributed by atoms with E-state index in [2.05, 4.69) is 10.3 Å². The molecule has 1 heterocycles. The van der Waals surface area contributed by atoms with E-state index in [1.54, 1.807) is 6.20 Å². The first kappa shape index (κ1) is 18.4. The number of H-pyrrole nitrogens is 1. The van der Waals surface area contributed by atoms with Gasteiger partial charge >= 0.3 is 6.18 Å². The first-order chi connectivity index (χ1) is 13.4. The molecular weight excluding hydrogens is 369 g/mol. The van der Waals surface area contributed by atoms with Gasteiger partial charge in [-0.05, 0) is 48.7 Å². The summed E-state index contributed by atoms with van der Waals surface area (Å²) in [5.74, 6) is 0.795. The SMILES string of the molecule is O=C(Nc1c[nH]c2ccc(OCCc3ccc(C(F)(F)F)cc3)cc12)C1CC1. The van der Waals surface area contributed by atoms with Gasteiger partial charge in [-0.25, -0.2) is 0 Å². The number of carbonyl (C=O) groups is 1.